The minimum absolute atomic E-state index is 0.210. The average Bonchev–Trinajstić information content (AvgIpc) is 2.40. The van der Waals surface area contributed by atoms with E-state index in [0.29, 0.717) is 15.6 Å². The number of aryl methyl sites for hydroxylation is 1. The molecule has 0 spiro atoms. The summed E-state index contributed by atoms with van der Waals surface area (Å²) in [5, 5.41) is 9.69. The molecule has 0 unspecified atom stereocenters. The number of H-pyrrole nitrogens is 1. The van der Waals surface area contributed by atoms with Gasteiger partial charge in [0.25, 0.3) is 5.56 Å². The molecule has 0 aliphatic rings. The second kappa shape index (κ2) is 6.67. The van der Waals surface area contributed by atoms with E-state index in [1.165, 1.54) is 30.0 Å². The van der Waals surface area contributed by atoms with Crippen molar-refractivity contribution in [3.63, 3.8) is 0 Å². The minimum atomic E-state index is -0.403. The van der Waals surface area contributed by atoms with Crippen molar-refractivity contribution in [3.05, 3.63) is 51.7 Å². The van der Waals surface area contributed by atoms with Gasteiger partial charge < -0.3 is 10.1 Å². The maximum atomic E-state index is 13.1. The summed E-state index contributed by atoms with van der Waals surface area (Å²) >= 11 is 1.21. The summed E-state index contributed by atoms with van der Waals surface area (Å²) in [5.74, 6) is -0.403. The number of hydrogen-bond donors (Lipinski definition) is 2. The maximum Gasteiger partial charge on any atom is 0.251 e. The van der Waals surface area contributed by atoms with Gasteiger partial charge in [-0.1, -0.05) is 25.1 Å². The van der Waals surface area contributed by atoms with Crippen LogP contribution in [0.2, 0.25) is 0 Å². The molecule has 0 atom stereocenters. The standard InChI is InChI=1S/C14H15FN2O2S/c1-2-3-11-7-13(19)17-14(16-11)20-12-5-4-10(15)6-9(12)8-18/h4-7,18H,2-3,8H2,1H3,(H,16,17,19). The molecule has 106 valence electrons. The van der Waals surface area contributed by atoms with Crippen LogP contribution in [0.3, 0.4) is 0 Å². The molecule has 1 heterocycles. The van der Waals surface area contributed by atoms with E-state index in [0.717, 1.165) is 18.5 Å². The normalized spacial score (nSPS) is 10.8. The Bertz CT molecular complexity index is 658. The predicted octanol–water partition coefficient (Wildman–Crippen LogP) is 2.51. The third-order valence-corrected chi connectivity index (χ3v) is 3.68. The molecule has 0 amide bonds. The molecule has 0 bridgehead atoms. The van der Waals surface area contributed by atoms with Gasteiger partial charge in [-0.15, -0.1) is 0 Å². The Morgan fingerprint density at radius 3 is 2.90 bits per heavy atom. The second-order valence-corrected chi connectivity index (χ2v) is 5.33. The minimum Gasteiger partial charge on any atom is -0.392 e. The van der Waals surface area contributed by atoms with Gasteiger partial charge >= 0.3 is 0 Å². The monoisotopic (exact) mass is 294 g/mol. The van der Waals surface area contributed by atoms with E-state index in [1.807, 2.05) is 6.92 Å². The Hall–Kier alpha value is -1.66. The summed E-state index contributed by atoms with van der Waals surface area (Å²) in [6.07, 6.45) is 1.63. The lowest BCUT2D eigenvalue weighted by Crippen LogP contribution is -2.10. The van der Waals surface area contributed by atoms with Crippen molar-refractivity contribution >= 4 is 11.8 Å². The molecule has 1 aromatic heterocycles. The Morgan fingerprint density at radius 1 is 1.40 bits per heavy atom. The fourth-order valence-electron chi connectivity index (χ4n) is 1.79. The topological polar surface area (TPSA) is 66.0 Å². The number of aromatic amines is 1. The van der Waals surface area contributed by atoms with Crippen molar-refractivity contribution in [2.45, 2.75) is 36.4 Å². The van der Waals surface area contributed by atoms with Gasteiger partial charge in [0, 0.05) is 16.7 Å². The van der Waals surface area contributed by atoms with Crippen LogP contribution >= 0.6 is 11.8 Å². The molecule has 2 rings (SSSR count). The molecule has 6 heteroatoms. The van der Waals surface area contributed by atoms with E-state index < -0.39 is 5.82 Å². The molecular formula is C14H15FN2O2S. The summed E-state index contributed by atoms with van der Waals surface area (Å²) in [7, 11) is 0. The lowest BCUT2D eigenvalue weighted by atomic mass is 10.2. The van der Waals surface area contributed by atoms with E-state index in [1.54, 1.807) is 6.07 Å². The number of halogens is 1. The Kier molecular flexibility index (Phi) is 4.92. The number of nitrogens with zero attached hydrogens (tertiary/aromatic N) is 1. The smallest absolute Gasteiger partial charge is 0.251 e. The van der Waals surface area contributed by atoms with Gasteiger partial charge in [0.15, 0.2) is 5.16 Å². The number of rotatable bonds is 5. The fraction of sp³-hybridized carbons (Fsp3) is 0.286. The summed E-state index contributed by atoms with van der Waals surface area (Å²) < 4.78 is 13.1. The number of aliphatic hydroxyl groups is 1. The number of benzene rings is 1. The van der Waals surface area contributed by atoms with E-state index in [9.17, 15) is 14.3 Å². The molecule has 0 radical (unpaired) electrons. The summed E-state index contributed by atoms with van der Waals surface area (Å²) in [5.41, 5.74) is 0.989. The highest BCUT2D eigenvalue weighted by molar-refractivity contribution is 7.99. The quantitative estimate of drug-likeness (QED) is 0.832. The van der Waals surface area contributed by atoms with Crippen LogP contribution in [0.1, 0.15) is 24.6 Å². The molecular weight excluding hydrogens is 279 g/mol. The van der Waals surface area contributed by atoms with Crippen molar-refractivity contribution in [1.29, 1.82) is 0 Å². The Labute approximate surface area is 120 Å². The van der Waals surface area contributed by atoms with Crippen LogP contribution in [0.15, 0.2) is 39.1 Å². The molecule has 0 saturated carbocycles. The van der Waals surface area contributed by atoms with Gasteiger partial charge in [0.1, 0.15) is 5.82 Å². The first-order chi connectivity index (χ1) is 9.62. The zero-order chi connectivity index (χ0) is 14.5. The molecule has 1 aromatic carbocycles. The molecule has 2 N–H and O–H groups in total. The van der Waals surface area contributed by atoms with Crippen molar-refractivity contribution in [1.82, 2.24) is 9.97 Å². The predicted molar refractivity (Wildman–Crippen MR) is 75.3 cm³/mol. The van der Waals surface area contributed by atoms with Gasteiger partial charge in [-0.3, -0.25) is 4.79 Å². The van der Waals surface area contributed by atoms with E-state index in [4.69, 9.17) is 0 Å². The van der Waals surface area contributed by atoms with Gasteiger partial charge in [-0.05, 0) is 30.2 Å². The third kappa shape index (κ3) is 3.68. The molecule has 4 nitrogen and oxygen atoms in total. The Balaban J connectivity index is 2.32. The van der Waals surface area contributed by atoms with Gasteiger partial charge in [0.05, 0.1) is 6.61 Å². The number of aromatic nitrogens is 2. The molecule has 0 fully saturated rings. The van der Waals surface area contributed by atoms with E-state index in [-0.39, 0.29) is 12.2 Å². The zero-order valence-corrected chi connectivity index (χ0v) is 11.8. The molecule has 20 heavy (non-hydrogen) atoms. The van der Waals surface area contributed by atoms with Gasteiger partial charge in [-0.2, -0.15) is 0 Å². The largest absolute Gasteiger partial charge is 0.392 e. The number of nitrogens with one attached hydrogen (secondary N) is 1. The van der Waals surface area contributed by atoms with Crippen LogP contribution in [-0.4, -0.2) is 15.1 Å². The fourth-order valence-corrected chi connectivity index (χ4v) is 2.70. The van der Waals surface area contributed by atoms with Crippen LogP contribution in [-0.2, 0) is 13.0 Å². The van der Waals surface area contributed by atoms with Crippen LogP contribution in [0.25, 0.3) is 0 Å². The molecule has 0 aliphatic heterocycles. The van der Waals surface area contributed by atoms with Gasteiger partial charge in [-0.25, -0.2) is 9.37 Å². The zero-order valence-electron chi connectivity index (χ0n) is 11.0. The van der Waals surface area contributed by atoms with Gasteiger partial charge in [0.2, 0.25) is 0 Å². The second-order valence-electron chi connectivity index (χ2n) is 4.30. The van der Waals surface area contributed by atoms with E-state index >= 15 is 0 Å². The summed E-state index contributed by atoms with van der Waals surface area (Å²) in [4.78, 5) is 19.2. The first kappa shape index (κ1) is 14.7. The highest BCUT2D eigenvalue weighted by Crippen LogP contribution is 2.28. The lowest BCUT2D eigenvalue weighted by Gasteiger charge is -2.07. The van der Waals surface area contributed by atoms with Crippen LogP contribution in [0, 0.1) is 5.82 Å². The number of hydrogen-bond acceptors (Lipinski definition) is 4. The number of aliphatic hydroxyl groups excluding tert-OH is 1. The van der Waals surface area contributed by atoms with Crippen molar-refractivity contribution in [3.8, 4) is 0 Å². The summed E-state index contributed by atoms with van der Waals surface area (Å²) in [6, 6.07) is 5.63. The molecule has 0 saturated heterocycles. The van der Waals surface area contributed by atoms with Crippen LogP contribution in [0.5, 0.6) is 0 Å². The lowest BCUT2D eigenvalue weighted by molar-refractivity contribution is 0.278. The van der Waals surface area contributed by atoms with Crippen LogP contribution in [0.4, 0.5) is 4.39 Å². The maximum absolute atomic E-state index is 13.1. The molecule has 0 aliphatic carbocycles. The first-order valence-electron chi connectivity index (χ1n) is 6.29. The molecule has 2 aromatic rings. The first-order valence-corrected chi connectivity index (χ1v) is 7.11. The highest BCUT2D eigenvalue weighted by atomic mass is 32.2. The van der Waals surface area contributed by atoms with Crippen molar-refractivity contribution in [2.24, 2.45) is 0 Å². The SMILES string of the molecule is CCCc1cc(=O)[nH]c(Sc2ccc(F)cc2CO)n1. The Morgan fingerprint density at radius 2 is 2.20 bits per heavy atom. The average molecular weight is 294 g/mol. The third-order valence-electron chi connectivity index (χ3n) is 2.68. The summed E-state index contributed by atoms with van der Waals surface area (Å²) in [6.45, 7) is 1.75. The van der Waals surface area contributed by atoms with E-state index in [2.05, 4.69) is 9.97 Å². The van der Waals surface area contributed by atoms with Crippen molar-refractivity contribution < 1.29 is 9.50 Å². The van der Waals surface area contributed by atoms with Crippen molar-refractivity contribution in [2.75, 3.05) is 0 Å². The highest BCUT2D eigenvalue weighted by Gasteiger charge is 2.08. The van der Waals surface area contributed by atoms with Crippen LogP contribution < -0.4 is 5.56 Å².